The number of aliphatic hydroxyl groups excluding tert-OH is 1. The van der Waals surface area contributed by atoms with E-state index in [1.165, 1.54) is 26.3 Å². The monoisotopic (exact) mass is 394 g/mol. The molecule has 2 heterocycles. The fourth-order valence-electron chi connectivity index (χ4n) is 4.34. The lowest BCUT2D eigenvalue weighted by molar-refractivity contribution is -0.396. The molecule has 0 amide bonds. The van der Waals surface area contributed by atoms with Gasteiger partial charge in [0, 0.05) is 32.7 Å². The minimum absolute atomic E-state index is 0.475. The summed E-state index contributed by atoms with van der Waals surface area (Å²) in [4.78, 5) is 4.32. The van der Waals surface area contributed by atoms with Gasteiger partial charge in [-0.05, 0) is 33.3 Å². The topological polar surface area (TPSA) is 96.6 Å². The molecule has 2 aliphatic rings. The van der Waals surface area contributed by atoms with Crippen molar-refractivity contribution in [3.8, 4) is 0 Å². The number of ether oxygens (including phenoxy) is 1. The molecule has 0 bridgehead atoms. The van der Waals surface area contributed by atoms with Crippen LogP contribution in [0.4, 0.5) is 0 Å². The Morgan fingerprint density at radius 1 is 0.929 bits per heavy atom. The van der Waals surface area contributed by atoms with Gasteiger partial charge in [-0.1, -0.05) is 30.3 Å². The van der Waals surface area contributed by atoms with E-state index in [0.29, 0.717) is 13.1 Å². The zero-order valence-electron chi connectivity index (χ0n) is 17.3. The largest absolute Gasteiger partial charge is 0.393 e. The van der Waals surface area contributed by atoms with E-state index >= 15 is 0 Å². The van der Waals surface area contributed by atoms with Crippen LogP contribution in [0.3, 0.4) is 0 Å². The quantitative estimate of drug-likeness (QED) is 0.578. The third kappa shape index (κ3) is 3.29. The zero-order valence-corrected chi connectivity index (χ0v) is 17.3. The number of benzene rings is 1. The summed E-state index contributed by atoms with van der Waals surface area (Å²) in [5, 5.41) is 43.2. The van der Waals surface area contributed by atoms with Gasteiger partial charge >= 0.3 is 0 Å². The summed E-state index contributed by atoms with van der Waals surface area (Å²) in [6.45, 7) is 9.11. The Kier molecular flexibility index (Phi) is 5.66. The highest BCUT2D eigenvalue weighted by atomic mass is 16.6. The molecule has 0 unspecified atom stereocenters. The first-order chi connectivity index (χ1) is 13.0. The molecule has 2 aliphatic heterocycles. The van der Waals surface area contributed by atoms with Crippen molar-refractivity contribution >= 4 is 0 Å². The summed E-state index contributed by atoms with van der Waals surface area (Å²) < 4.78 is 6.08. The average molecular weight is 395 g/mol. The molecule has 7 nitrogen and oxygen atoms in total. The predicted octanol–water partition coefficient (Wildman–Crippen LogP) is 0.165. The smallest absolute Gasteiger partial charge is 0.143 e. The highest BCUT2D eigenvalue weighted by Gasteiger charge is 2.70. The van der Waals surface area contributed by atoms with Crippen molar-refractivity contribution in [3.05, 3.63) is 35.9 Å². The number of rotatable bonds is 4. The van der Waals surface area contributed by atoms with Crippen LogP contribution in [0.1, 0.15) is 33.3 Å². The van der Waals surface area contributed by atoms with Gasteiger partial charge in [0.15, 0.2) is 0 Å². The summed E-state index contributed by atoms with van der Waals surface area (Å²) in [6, 6.07) is 10.3. The zero-order chi connectivity index (χ0) is 20.8. The fraction of sp³-hybridized carbons (Fsp3) is 0.714. The van der Waals surface area contributed by atoms with E-state index in [1.807, 2.05) is 23.1 Å². The Balaban J connectivity index is 1.74. The van der Waals surface area contributed by atoms with E-state index in [-0.39, 0.29) is 0 Å². The average Bonchev–Trinajstić information content (AvgIpc) is 2.66. The van der Waals surface area contributed by atoms with Crippen LogP contribution in [0.2, 0.25) is 0 Å². The summed E-state index contributed by atoms with van der Waals surface area (Å²) in [6.07, 6.45) is -0.848. The molecule has 5 atom stereocenters. The maximum atomic E-state index is 11.2. The number of hydrogen-bond acceptors (Lipinski definition) is 7. The van der Waals surface area contributed by atoms with Crippen LogP contribution in [-0.2, 0) is 11.3 Å². The van der Waals surface area contributed by atoms with Gasteiger partial charge in [-0.2, -0.15) is 0 Å². The molecule has 158 valence electrons. The lowest BCUT2D eigenvalue weighted by atomic mass is 9.63. The van der Waals surface area contributed by atoms with Gasteiger partial charge in [0.05, 0.1) is 6.61 Å². The maximum Gasteiger partial charge on any atom is 0.143 e. The Bertz CT molecular complexity index is 671. The number of aliphatic hydroxyl groups is 4. The van der Waals surface area contributed by atoms with Crippen LogP contribution in [0.5, 0.6) is 0 Å². The molecule has 7 heteroatoms. The maximum absolute atomic E-state index is 11.2. The van der Waals surface area contributed by atoms with Gasteiger partial charge in [0.2, 0.25) is 0 Å². The second-order valence-corrected chi connectivity index (χ2v) is 8.95. The first-order valence-corrected chi connectivity index (χ1v) is 9.92. The van der Waals surface area contributed by atoms with Gasteiger partial charge in [-0.3, -0.25) is 9.80 Å². The molecule has 28 heavy (non-hydrogen) atoms. The normalized spacial score (nSPS) is 43.2. The van der Waals surface area contributed by atoms with E-state index in [4.69, 9.17) is 4.74 Å². The van der Waals surface area contributed by atoms with Crippen LogP contribution in [0.15, 0.2) is 30.3 Å². The third-order valence-corrected chi connectivity index (χ3v) is 7.11. The molecule has 4 N–H and O–H groups in total. The van der Waals surface area contributed by atoms with Crippen molar-refractivity contribution in [2.75, 3.05) is 32.8 Å². The summed E-state index contributed by atoms with van der Waals surface area (Å²) in [5.41, 5.74) is -5.62. The van der Waals surface area contributed by atoms with E-state index in [0.717, 1.165) is 19.6 Å². The fourth-order valence-corrected chi connectivity index (χ4v) is 4.34. The molecular weight excluding hydrogens is 360 g/mol. The van der Waals surface area contributed by atoms with Gasteiger partial charge in [-0.15, -0.1) is 0 Å². The Hall–Kier alpha value is -1.06. The van der Waals surface area contributed by atoms with Gasteiger partial charge in [-0.25, -0.2) is 0 Å². The predicted molar refractivity (Wildman–Crippen MR) is 106 cm³/mol. The van der Waals surface area contributed by atoms with E-state index < -0.39 is 35.2 Å². The molecule has 0 spiro atoms. The van der Waals surface area contributed by atoms with Crippen LogP contribution < -0.4 is 0 Å². The minimum Gasteiger partial charge on any atom is -0.393 e. The van der Waals surface area contributed by atoms with Crippen molar-refractivity contribution in [1.29, 1.82) is 0 Å². The molecule has 0 saturated carbocycles. The van der Waals surface area contributed by atoms with E-state index in [9.17, 15) is 20.4 Å². The Morgan fingerprint density at radius 2 is 1.50 bits per heavy atom. The Labute approximate surface area is 167 Å². The lowest BCUT2D eigenvalue weighted by Gasteiger charge is -2.63. The molecule has 0 aromatic heterocycles. The molecule has 2 fully saturated rings. The molecule has 0 aliphatic carbocycles. The highest BCUT2D eigenvalue weighted by Crippen LogP contribution is 2.49. The van der Waals surface area contributed by atoms with Crippen LogP contribution >= 0.6 is 0 Å². The minimum atomic E-state index is -1.89. The van der Waals surface area contributed by atoms with Crippen molar-refractivity contribution in [2.45, 2.75) is 62.9 Å². The van der Waals surface area contributed by atoms with Crippen molar-refractivity contribution in [1.82, 2.24) is 9.80 Å². The van der Waals surface area contributed by atoms with Crippen LogP contribution in [0, 0.1) is 0 Å². The van der Waals surface area contributed by atoms with E-state index in [2.05, 4.69) is 17.0 Å². The number of hydrogen-bond donors (Lipinski definition) is 4. The lowest BCUT2D eigenvalue weighted by Crippen LogP contribution is -2.83. The molecule has 2 saturated heterocycles. The van der Waals surface area contributed by atoms with Crippen LogP contribution in [0.25, 0.3) is 0 Å². The van der Waals surface area contributed by atoms with Gasteiger partial charge < -0.3 is 25.2 Å². The standard InChI is InChI=1S/C21H34N2O5/c1-18(15-24)20(3,26)21(4,27)19(2,25)17(28-18)23-12-10-22(11-13-23)14-16-8-6-5-7-9-16/h5-9,17,24-27H,10-15H2,1-4H3/t17-,18-,19-,20-,21-/m1/s1. The Morgan fingerprint density at radius 3 is 2.04 bits per heavy atom. The van der Waals surface area contributed by atoms with Crippen molar-refractivity contribution in [3.63, 3.8) is 0 Å². The van der Waals surface area contributed by atoms with Gasteiger partial charge in [0.1, 0.15) is 28.6 Å². The molecule has 3 rings (SSSR count). The molecule has 1 aromatic carbocycles. The molecule has 1 aromatic rings. The second kappa shape index (κ2) is 7.32. The highest BCUT2D eigenvalue weighted by molar-refractivity contribution is 5.20. The summed E-state index contributed by atoms with van der Waals surface area (Å²) in [5.74, 6) is 0. The second-order valence-electron chi connectivity index (χ2n) is 8.95. The van der Waals surface area contributed by atoms with Crippen LogP contribution in [-0.4, -0.2) is 91.6 Å². The first kappa shape index (κ1) is 21.6. The summed E-state index contributed by atoms with van der Waals surface area (Å²) in [7, 11) is 0. The molecule has 0 radical (unpaired) electrons. The van der Waals surface area contributed by atoms with Crippen molar-refractivity contribution in [2.24, 2.45) is 0 Å². The van der Waals surface area contributed by atoms with E-state index in [1.54, 1.807) is 6.92 Å². The third-order valence-electron chi connectivity index (χ3n) is 7.11. The SMILES string of the molecule is C[C@]1(O)[C@](C)(O)[C@](C)(O)[C@H](N2CCN(Cc3ccccc3)CC2)O[C@]1(C)CO. The number of nitrogens with zero attached hydrogens (tertiary/aromatic N) is 2. The van der Waals surface area contributed by atoms with Gasteiger partial charge in [0.25, 0.3) is 0 Å². The summed E-state index contributed by atoms with van der Waals surface area (Å²) >= 11 is 0. The van der Waals surface area contributed by atoms with Crippen molar-refractivity contribution < 1.29 is 25.2 Å². The first-order valence-electron chi connectivity index (χ1n) is 9.92. The molecular formula is C21H34N2O5. The number of piperazine rings is 1.